The fraction of sp³-hybridized carbons (Fsp3) is 0.529. The van der Waals surface area contributed by atoms with E-state index in [0.29, 0.717) is 19.4 Å². The molecule has 5 nitrogen and oxygen atoms in total. The van der Waals surface area contributed by atoms with Crippen LogP contribution in [0.3, 0.4) is 0 Å². The van der Waals surface area contributed by atoms with Gasteiger partial charge in [-0.2, -0.15) is 0 Å². The van der Waals surface area contributed by atoms with E-state index in [2.05, 4.69) is 5.32 Å². The average Bonchev–Trinajstić information content (AvgIpc) is 3.27. The van der Waals surface area contributed by atoms with E-state index in [4.69, 9.17) is 9.84 Å². The first kappa shape index (κ1) is 16.5. The van der Waals surface area contributed by atoms with Crippen molar-refractivity contribution in [3.05, 3.63) is 35.9 Å². The molecule has 22 heavy (non-hydrogen) atoms. The first-order chi connectivity index (χ1) is 10.4. The van der Waals surface area contributed by atoms with Gasteiger partial charge in [0, 0.05) is 6.54 Å². The Kier molecular flexibility index (Phi) is 4.86. The molecule has 1 aliphatic rings. The molecular weight excluding hydrogens is 282 g/mol. The third-order valence-electron chi connectivity index (χ3n) is 4.08. The Morgan fingerprint density at radius 3 is 2.45 bits per heavy atom. The van der Waals surface area contributed by atoms with Gasteiger partial charge in [0.15, 0.2) is 0 Å². The number of rotatable bonds is 8. The van der Waals surface area contributed by atoms with E-state index >= 15 is 0 Å². The topological polar surface area (TPSA) is 75.6 Å². The van der Waals surface area contributed by atoms with Crippen molar-refractivity contribution in [1.82, 2.24) is 5.32 Å². The number of carbonyl (C=O) groups excluding carboxylic acids is 1. The van der Waals surface area contributed by atoms with Crippen LogP contribution < -0.4 is 5.32 Å². The maximum Gasteiger partial charge on any atom is 0.311 e. The number of carboxylic acids is 1. The van der Waals surface area contributed by atoms with E-state index in [-0.39, 0.29) is 19.1 Å². The van der Waals surface area contributed by atoms with Crippen LogP contribution in [-0.2, 0) is 20.9 Å². The van der Waals surface area contributed by atoms with Crippen molar-refractivity contribution >= 4 is 11.9 Å². The summed E-state index contributed by atoms with van der Waals surface area (Å²) in [4.78, 5) is 23.3. The summed E-state index contributed by atoms with van der Waals surface area (Å²) in [6.07, 6.45) is 1.26. The molecule has 0 aliphatic heterocycles. The van der Waals surface area contributed by atoms with Crippen LogP contribution in [0.2, 0.25) is 0 Å². The summed E-state index contributed by atoms with van der Waals surface area (Å²) in [6.45, 7) is 4.54. The lowest BCUT2D eigenvalue weighted by molar-refractivity contribution is -0.143. The second kappa shape index (κ2) is 6.48. The number of hydrogen-bond donors (Lipinski definition) is 2. The average molecular weight is 305 g/mol. The van der Waals surface area contributed by atoms with Crippen molar-refractivity contribution in [3.63, 3.8) is 0 Å². The van der Waals surface area contributed by atoms with E-state index < -0.39 is 16.8 Å². The first-order valence-corrected chi connectivity index (χ1v) is 7.49. The summed E-state index contributed by atoms with van der Waals surface area (Å²) < 4.78 is 5.62. The van der Waals surface area contributed by atoms with Gasteiger partial charge < -0.3 is 15.2 Å². The lowest BCUT2D eigenvalue weighted by Gasteiger charge is -2.24. The Balaban J connectivity index is 1.77. The highest BCUT2D eigenvalue weighted by Crippen LogP contribution is 2.45. The van der Waals surface area contributed by atoms with E-state index in [1.807, 2.05) is 30.3 Å². The van der Waals surface area contributed by atoms with Crippen LogP contribution in [0.5, 0.6) is 0 Å². The zero-order chi connectivity index (χ0) is 16.2. The molecule has 0 bridgehead atoms. The monoisotopic (exact) mass is 305 g/mol. The van der Waals surface area contributed by atoms with Gasteiger partial charge in [0.05, 0.1) is 24.0 Å². The van der Waals surface area contributed by atoms with Crippen LogP contribution >= 0.6 is 0 Å². The molecular formula is C17H23NO4. The Morgan fingerprint density at radius 2 is 1.91 bits per heavy atom. The minimum Gasteiger partial charge on any atom is -0.481 e. The predicted octanol–water partition coefficient (Wildman–Crippen LogP) is 2.21. The summed E-state index contributed by atoms with van der Waals surface area (Å²) in [5.74, 6) is -1.00. The Morgan fingerprint density at radius 1 is 1.27 bits per heavy atom. The van der Waals surface area contributed by atoms with Gasteiger partial charge in [-0.05, 0) is 32.3 Å². The van der Waals surface area contributed by atoms with Gasteiger partial charge in [-0.25, -0.2) is 0 Å². The van der Waals surface area contributed by atoms with Crippen LogP contribution in [0.15, 0.2) is 30.3 Å². The Bertz CT molecular complexity index is 535. The smallest absolute Gasteiger partial charge is 0.311 e. The zero-order valence-electron chi connectivity index (χ0n) is 13.1. The number of nitrogens with one attached hydrogen (secondary N) is 1. The van der Waals surface area contributed by atoms with Crippen LogP contribution in [0.1, 0.15) is 32.3 Å². The molecule has 1 aromatic rings. The van der Waals surface area contributed by atoms with Crippen LogP contribution in [-0.4, -0.2) is 30.1 Å². The number of carboxylic acid groups (broad SMARTS) is 1. The van der Waals surface area contributed by atoms with Gasteiger partial charge in [0.1, 0.15) is 0 Å². The molecule has 0 heterocycles. The molecule has 0 spiro atoms. The van der Waals surface area contributed by atoms with Crippen molar-refractivity contribution < 1.29 is 19.4 Å². The summed E-state index contributed by atoms with van der Waals surface area (Å²) in [5, 5.41) is 11.9. The number of hydrogen-bond acceptors (Lipinski definition) is 3. The number of ether oxygens (including phenoxy) is 1. The molecule has 1 aromatic carbocycles. The van der Waals surface area contributed by atoms with Gasteiger partial charge in [-0.3, -0.25) is 9.59 Å². The standard InChI is InChI=1S/C17H23NO4/c1-16(2,12-22-10-13-6-4-3-5-7-13)14(19)18-11-17(8-9-17)15(20)21/h3-7H,8-12H2,1-2H3,(H,18,19)(H,20,21). The molecule has 2 N–H and O–H groups in total. The Hall–Kier alpha value is -1.88. The highest BCUT2D eigenvalue weighted by Gasteiger charge is 2.50. The molecule has 1 aliphatic carbocycles. The van der Waals surface area contributed by atoms with Crippen molar-refractivity contribution in [2.24, 2.45) is 10.8 Å². The highest BCUT2D eigenvalue weighted by molar-refractivity contribution is 5.84. The second-order valence-corrected chi connectivity index (χ2v) is 6.63. The molecule has 120 valence electrons. The quantitative estimate of drug-likeness (QED) is 0.772. The number of benzene rings is 1. The van der Waals surface area contributed by atoms with Crippen LogP contribution in [0.25, 0.3) is 0 Å². The lowest BCUT2D eigenvalue weighted by atomic mass is 9.93. The number of amides is 1. The SMILES string of the molecule is CC(C)(COCc1ccccc1)C(=O)NCC1(C(=O)O)CC1. The fourth-order valence-electron chi connectivity index (χ4n) is 2.17. The highest BCUT2D eigenvalue weighted by atomic mass is 16.5. The maximum atomic E-state index is 12.2. The first-order valence-electron chi connectivity index (χ1n) is 7.49. The van der Waals surface area contributed by atoms with Crippen molar-refractivity contribution in [2.45, 2.75) is 33.3 Å². The molecule has 1 fully saturated rings. The molecule has 0 unspecified atom stereocenters. The lowest BCUT2D eigenvalue weighted by Crippen LogP contribution is -2.43. The minimum atomic E-state index is -0.828. The number of aliphatic carboxylic acids is 1. The summed E-state index contributed by atoms with van der Waals surface area (Å²) in [5.41, 5.74) is -0.374. The van der Waals surface area contributed by atoms with E-state index in [1.54, 1.807) is 13.8 Å². The molecule has 2 rings (SSSR count). The summed E-state index contributed by atoms with van der Waals surface area (Å²) >= 11 is 0. The largest absolute Gasteiger partial charge is 0.481 e. The minimum absolute atomic E-state index is 0.173. The second-order valence-electron chi connectivity index (χ2n) is 6.63. The summed E-state index contributed by atoms with van der Waals surface area (Å²) in [7, 11) is 0. The van der Waals surface area contributed by atoms with Crippen molar-refractivity contribution in [3.8, 4) is 0 Å². The molecule has 1 saturated carbocycles. The van der Waals surface area contributed by atoms with Crippen LogP contribution in [0, 0.1) is 10.8 Å². The Labute approximate surface area is 130 Å². The van der Waals surface area contributed by atoms with E-state index in [1.165, 1.54) is 0 Å². The normalized spacial score (nSPS) is 16.1. The van der Waals surface area contributed by atoms with Gasteiger partial charge in [0.2, 0.25) is 5.91 Å². The third-order valence-corrected chi connectivity index (χ3v) is 4.08. The third kappa shape index (κ3) is 4.07. The number of carbonyl (C=O) groups is 2. The molecule has 1 amide bonds. The fourth-order valence-corrected chi connectivity index (χ4v) is 2.17. The van der Waals surface area contributed by atoms with Crippen molar-refractivity contribution in [2.75, 3.05) is 13.2 Å². The molecule has 0 radical (unpaired) electrons. The zero-order valence-corrected chi connectivity index (χ0v) is 13.1. The molecule has 0 saturated heterocycles. The van der Waals surface area contributed by atoms with Gasteiger partial charge >= 0.3 is 5.97 Å². The van der Waals surface area contributed by atoms with Gasteiger partial charge in [-0.15, -0.1) is 0 Å². The van der Waals surface area contributed by atoms with E-state index in [0.717, 1.165) is 5.56 Å². The molecule has 0 atom stereocenters. The van der Waals surface area contributed by atoms with Gasteiger partial charge in [-0.1, -0.05) is 30.3 Å². The maximum absolute atomic E-state index is 12.2. The molecule has 5 heteroatoms. The predicted molar refractivity (Wildman–Crippen MR) is 82.2 cm³/mol. The van der Waals surface area contributed by atoms with Crippen molar-refractivity contribution in [1.29, 1.82) is 0 Å². The van der Waals surface area contributed by atoms with Gasteiger partial charge in [0.25, 0.3) is 0 Å². The van der Waals surface area contributed by atoms with Crippen LogP contribution in [0.4, 0.5) is 0 Å². The van der Waals surface area contributed by atoms with E-state index in [9.17, 15) is 9.59 Å². The molecule has 0 aromatic heterocycles. The summed E-state index contributed by atoms with van der Waals surface area (Å²) in [6, 6.07) is 9.76.